The number of hydrogen-bond acceptors (Lipinski definition) is 4. The van der Waals surface area contributed by atoms with Crippen molar-refractivity contribution >= 4 is 17.1 Å². The van der Waals surface area contributed by atoms with Gasteiger partial charge in [0.15, 0.2) is 5.92 Å². The number of carbonyl (C=O) groups excluding carboxylic acids is 1. The zero-order valence-electron chi connectivity index (χ0n) is 6.02. The highest BCUT2D eigenvalue weighted by Gasteiger charge is 2.19. The molecule has 0 N–H and O–H groups in total. The van der Waals surface area contributed by atoms with Crippen LogP contribution in [0.4, 0.5) is 0 Å². The fourth-order valence-corrected chi connectivity index (χ4v) is 1.40. The van der Waals surface area contributed by atoms with Crippen molar-refractivity contribution in [3.63, 3.8) is 0 Å². The average molecular weight is 176 g/mol. The summed E-state index contributed by atoms with van der Waals surface area (Å²) in [5.41, 5.74) is 0. The Bertz CT molecular complexity index is 341. The van der Waals surface area contributed by atoms with E-state index < -0.39 is 11.7 Å². The highest BCUT2D eigenvalue weighted by Crippen LogP contribution is 2.13. The van der Waals surface area contributed by atoms with Crippen LogP contribution in [0.15, 0.2) is 17.5 Å². The van der Waals surface area contributed by atoms with E-state index in [1.54, 1.807) is 29.7 Å². The summed E-state index contributed by atoms with van der Waals surface area (Å²) in [7, 11) is 0. The first-order valence-corrected chi connectivity index (χ1v) is 4.04. The standard InChI is InChI=1S/C8H4N2OS/c9-4-6(5-10)8(11)7-2-1-3-12-7/h1-3,6H. The molecule has 0 spiro atoms. The van der Waals surface area contributed by atoms with Crippen LogP contribution in [0.3, 0.4) is 0 Å². The van der Waals surface area contributed by atoms with Crippen LogP contribution in [0.25, 0.3) is 0 Å². The minimum Gasteiger partial charge on any atom is -0.291 e. The Labute approximate surface area is 73.5 Å². The maximum absolute atomic E-state index is 11.2. The Balaban J connectivity index is 2.88. The van der Waals surface area contributed by atoms with Crippen molar-refractivity contribution in [2.75, 3.05) is 0 Å². The van der Waals surface area contributed by atoms with Gasteiger partial charge in [0.05, 0.1) is 17.0 Å². The molecular weight excluding hydrogens is 172 g/mol. The third kappa shape index (κ3) is 1.50. The van der Waals surface area contributed by atoms with Crippen LogP contribution in [0.5, 0.6) is 0 Å². The molecule has 0 aliphatic heterocycles. The molecule has 1 heterocycles. The number of Topliss-reactive ketones (excluding diaryl/α,β-unsaturated/α-hetero) is 1. The van der Waals surface area contributed by atoms with Crippen molar-refractivity contribution in [2.45, 2.75) is 0 Å². The van der Waals surface area contributed by atoms with Crippen molar-refractivity contribution < 1.29 is 4.79 Å². The lowest BCUT2D eigenvalue weighted by molar-refractivity contribution is 0.0975. The SMILES string of the molecule is N#CC(C#N)C(=O)c1cccs1. The van der Waals surface area contributed by atoms with Crippen LogP contribution in [0, 0.1) is 28.6 Å². The predicted octanol–water partition coefficient (Wildman–Crippen LogP) is 1.59. The second-order valence-corrected chi connectivity index (χ2v) is 2.98. The second-order valence-electron chi connectivity index (χ2n) is 2.03. The van der Waals surface area contributed by atoms with Gasteiger partial charge < -0.3 is 0 Å². The number of thiophene rings is 1. The predicted molar refractivity (Wildman–Crippen MR) is 43.4 cm³/mol. The number of nitriles is 2. The van der Waals surface area contributed by atoms with Gasteiger partial charge >= 0.3 is 0 Å². The van der Waals surface area contributed by atoms with E-state index in [-0.39, 0.29) is 0 Å². The summed E-state index contributed by atoms with van der Waals surface area (Å²) in [5, 5.41) is 18.5. The molecule has 4 heteroatoms. The van der Waals surface area contributed by atoms with Gasteiger partial charge in [-0.05, 0) is 11.4 Å². The number of rotatable bonds is 2. The maximum atomic E-state index is 11.2. The van der Waals surface area contributed by atoms with Gasteiger partial charge in [-0.2, -0.15) is 10.5 Å². The first kappa shape index (κ1) is 8.45. The number of carbonyl (C=O) groups is 1. The maximum Gasteiger partial charge on any atom is 0.204 e. The van der Waals surface area contributed by atoms with E-state index in [0.717, 1.165) is 0 Å². The summed E-state index contributed by atoms with van der Waals surface area (Å²) in [6.45, 7) is 0. The van der Waals surface area contributed by atoms with Crippen molar-refractivity contribution in [3.05, 3.63) is 22.4 Å². The minimum atomic E-state index is -1.16. The molecule has 1 aromatic heterocycles. The molecule has 0 saturated carbocycles. The monoisotopic (exact) mass is 176 g/mol. The molecular formula is C8H4N2OS. The number of hydrogen-bond donors (Lipinski definition) is 0. The summed E-state index contributed by atoms with van der Waals surface area (Å²) in [4.78, 5) is 11.7. The highest BCUT2D eigenvalue weighted by molar-refractivity contribution is 7.12. The summed E-state index contributed by atoms with van der Waals surface area (Å²) in [6.07, 6.45) is 0. The Morgan fingerprint density at radius 3 is 2.58 bits per heavy atom. The van der Waals surface area contributed by atoms with Crippen molar-refractivity contribution in [1.82, 2.24) is 0 Å². The molecule has 58 valence electrons. The molecule has 0 saturated heterocycles. The lowest BCUT2D eigenvalue weighted by Crippen LogP contribution is -2.08. The Morgan fingerprint density at radius 1 is 1.50 bits per heavy atom. The number of ketones is 1. The van der Waals surface area contributed by atoms with E-state index in [9.17, 15) is 4.79 Å². The fraction of sp³-hybridized carbons (Fsp3) is 0.125. The number of nitrogens with zero attached hydrogens (tertiary/aromatic N) is 2. The quantitative estimate of drug-likeness (QED) is 0.643. The van der Waals surface area contributed by atoms with Gasteiger partial charge in [0.1, 0.15) is 0 Å². The van der Waals surface area contributed by atoms with Crippen LogP contribution in [-0.2, 0) is 0 Å². The van der Waals surface area contributed by atoms with Gasteiger partial charge in [0.2, 0.25) is 5.78 Å². The smallest absolute Gasteiger partial charge is 0.204 e. The molecule has 0 aliphatic rings. The highest BCUT2D eigenvalue weighted by atomic mass is 32.1. The minimum absolute atomic E-state index is 0.407. The zero-order valence-corrected chi connectivity index (χ0v) is 6.84. The molecule has 3 nitrogen and oxygen atoms in total. The average Bonchev–Trinajstić information content (AvgIpc) is 2.58. The summed E-state index contributed by atoms with van der Waals surface area (Å²) >= 11 is 1.24. The Kier molecular flexibility index (Phi) is 2.57. The van der Waals surface area contributed by atoms with E-state index in [2.05, 4.69) is 0 Å². The van der Waals surface area contributed by atoms with Crippen LogP contribution >= 0.6 is 11.3 Å². The second kappa shape index (κ2) is 3.66. The van der Waals surface area contributed by atoms with Gasteiger partial charge in [0, 0.05) is 0 Å². The van der Waals surface area contributed by atoms with E-state index in [0.29, 0.717) is 4.88 Å². The first-order chi connectivity index (χ1) is 5.79. The molecule has 1 rings (SSSR count). The summed E-state index contributed by atoms with van der Waals surface area (Å²) in [6, 6.07) is 6.59. The first-order valence-electron chi connectivity index (χ1n) is 3.16. The molecule has 0 bridgehead atoms. The van der Waals surface area contributed by atoms with Gasteiger partial charge in [-0.25, -0.2) is 0 Å². The molecule has 0 atom stereocenters. The van der Waals surface area contributed by atoms with E-state index in [1.807, 2.05) is 0 Å². The van der Waals surface area contributed by atoms with E-state index in [4.69, 9.17) is 10.5 Å². The molecule has 12 heavy (non-hydrogen) atoms. The van der Waals surface area contributed by atoms with Gasteiger partial charge in [0.25, 0.3) is 0 Å². The molecule has 1 aromatic rings. The van der Waals surface area contributed by atoms with E-state index >= 15 is 0 Å². The third-order valence-corrected chi connectivity index (χ3v) is 2.17. The Morgan fingerprint density at radius 2 is 2.17 bits per heavy atom. The van der Waals surface area contributed by atoms with Crippen LogP contribution in [0.1, 0.15) is 9.67 Å². The topological polar surface area (TPSA) is 64.7 Å². The van der Waals surface area contributed by atoms with Gasteiger partial charge in [-0.1, -0.05) is 6.07 Å². The van der Waals surface area contributed by atoms with Crippen molar-refractivity contribution in [3.8, 4) is 12.1 Å². The lowest BCUT2D eigenvalue weighted by atomic mass is 10.1. The third-order valence-electron chi connectivity index (χ3n) is 1.28. The zero-order chi connectivity index (χ0) is 8.97. The fourth-order valence-electron chi connectivity index (χ4n) is 0.707. The van der Waals surface area contributed by atoms with Gasteiger partial charge in [-0.15, -0.1) is 11.3 Å². The summed E-state index contributed by atoms with van der Waals surface area (Å²) in [5.74, 6) is -1.57. The Hall–Kier alpha value is -1.65. The summed E-state index contributed by atoms with van der Waals surface area (Å²) < 4.78 is 0. The molecule has 0 aliphatic carbocycles. The van der Waals surface area contributed by atoms with Crippen LogP contribution in [0.2, 0.25) is 0 Å². The van der Waals surface area contributed by atoms with Crippen molar-refractivity contribution in [2.24, 2.45) is 5.92 Å². The van der Waals surface area contributed by atoms with Gasteiger partial charge in [-0.3, -0.25) is 4.79 Å². The largest absolute Gasteiger partial charge is 0.291 e. The molecule has 0 fully saturated rings. The molecule has 0 amide bonds. The normalized spacial score (nSPS) is 8.92. The molecule has 0 radical (unpaired) electrons. The lowest BCUT2D eigenvalue weighted by Gasteiger charge is -1.93. The van der Waals surface area contributed by atoms with E-state index in [1.165, 1.54) is 11.3 Å². The van der Waals surface area contributed by atoms with Crippen LogP contribution in [-0.4, -0.2) is 5.78 Å². The molecule has 0 aromatic carbocycles. The van der Waals surface area contributed by atoms with Crippen molar-refractivity contribution in [1.29, 1.82) is 10.5 Å². The molecule has 0 unspecified atom stereocenters. The van der Waals surface area contributed by atoms with Crippen LogP contribution < -0.4 is 0 Å².